The Morgan fingerprint density at radius 3 is 2.53 bits per heavy atom. The highest BCUT2D eigenvalue weighted by atomic mass is 32.2. The van der Waals surface area contributed by atoms with Gasteiger partial charge in [-0.15, -0.1) is 11.8 Å². The summed E-state index contributed by atoms with van der Waals surface area (Å²) in [6.07, 6.45) is 3.19. The number of hydrogen-bond donors (Lipinski definition) is 1. The lowest BCUT2D eigenvalue weighted by Crippen LogP contribution is -2.23. The average Bonchev–Trinajstić information content (AvgIpc) is 2.82. The lowest BCUT2D eigenvalue weighted by atomic mass is 10.1. The number of aromatic nitrogens is 1. The molecule has 3 aromatic carbocycles. The minimum Gasteiger partial charge on any atom is -0.479 e. The minimum absolute atomic E-state index is 0.609. The SMILES string of the molecule is CC(Oc1ccccc1CSc1ccc(C=Cc2ccc3ccccc3n2)cc1)C(=O)O. The van der Waals surface area contributed by atoms with E-state index in [1.165, 1.54) is 6.92 Å². The maximum absolute atomic E-state index is 11.1. The number of ether oxygens (including phenoxy) is 1. The molecule has 0 radical (unpaired) electrons. The Labute approximate surface area is 191 Å². The summed E-state index contributed by atoms with van der Waals surface area (Å²) in [5, 5.41) is 10.2. The van der Waals surface area contributed by atoms with Crippen LogP contribution in [0.5, 0.6) is 5.75 Å². The van der Waals surface area contributed by atoms with Crippen molar-refractivity contribution in [3.63, 3.8) is 0 Å². The van der Waals surface area contributed by atoms with Crippen molar-refractivity contribution >= 4 is 40.8 Å². The Balaban J connectivity index is 1.39. The second-order valence-corrected chi connectivity index (χ2v) is 8.37. The van der Waals surface area contributed by atoms with Gasteiger partial charge in [0, 0.05) is 21.6 Å². The zero-order chi connectivity index (χ0) is 22.3. The molecule has 4 nitrogen and oxygen atoms in total. The van der Waals surface area contributed by atoms with Gasteiger partial charge in [-0.05, 0) is 48.9 Å². The molecule has 1 aromatic heterocycles. The summed E-state index contributed by atoms with van der Waals surface area (Å²) in [7, 11) is 0. The van der Waals surface area contributed by atoms with E-state index in [0.29, 0.717) is 11.5 Å². The maximum atomic E-state index is 11.1. The van der Waals surface area contributed by atoms with Crippen LogP contribution in [0, 0.1) is 0 Å². The first kappa shape index (κ1) is 21.7. The third-order valence-corrected chi connectivity index (χ3v) is 6.03. The number of rotatable bonds is 8. The van der Waals surface area contributed by atoms with Crippen molar-refractivity contribution in [1.29, 1.82) is 0 Å². The number of fused-ring (bicyclic) bond motifs is 1. The van der Waals surface area contributed by atoms with E-state index in [2.05, 4.69) is 47.5 Å². The Kier molecular flexibility index (Phi) is 6.87. The highest BCUT2D eigenvalue weighted by molar-refractivity contribution is 7.98. The molecule has 0 saturated heterocycles. The van der Waals surface area contributed by atoms with Crippen molar-refractivity contribution < 1.29 is 14.6 Å². The molecular formula is C27H23NO3S. The van der Waals surface area contributed by atoms with Crippen molar-refractivity contribution in [2.45, 2.75) is 23.7 Å². The monoisotopic (exact) mass is 441 g/mol. The summed E-state index contributed by atoms with van der Waals surface area (Å²) in [5.74, 6) is 0.325. The Morgan fingerprint density at radius 1 is 0.969 bits per heavy atom. The van der Waals surface area contributed by atoms with Gasteiger partial charge in [0.25, 0.3) is 0 Å². The van der Waals surface area contributed by atoms with Crippen LogP contribution in [0.15, 0.2) is 89.8 Å². The lowest BCUT2D eigenvalue weighted by molar-refractivity contribution is -0.144. The molecule has 1 atom stereocenters. The molecule has 0 aliphatic carbocycles. The highest BCUT2D eigenvalue weighted by Crippen LogP contribution is 2.29. The standard InChI is InChI=1S/C27H23NO3S/c1-19(27(29)30)31-26-9-5-3-7-22(26)18-32-24-16-11-20(12-17-24)10-14-23-15-13-21-6-2-4-8-25(21)28-23/h2-17,19H,18H2,1H3,(H,29,30). The molecule has 0 aliphatic rings. The minimum atomic E-state index is -0.977. The summed E-state index contributed by atoms with van der Waals surface area (Å²) in [6, 6.07) is 28.1. The molecule has 1 heterocycles. The molecule has 0 fully saturated rings. The molecule has 4 rings (SSSR count). The summed E-state index contributed by atoms with van der Waals surface area (Å²) < 4.78 is 5.59. The molecule has 0 saturated carbocycles. The van der Waals surface area contributed by atoms with E-state index in [-0.39, 0.29) is 0 Å². The van der Waals surface area contributed by atoms with Gasteiger partial charge in [-0.2, -0.15) is 0 Å². The van der Waals surface area contributed by atoms with Crippen molar-refractivity contribution in [1.82, 2.24) is 4.98 Å². The first-order chi connectivity index (χ1) is 15.6. The average molecular weight is 442 g/mol. The fourth-order valence-electron chi connectivity index (χ4n) is 3.17. The number of thioether (sulfide) groups is 1. The van der Waals surface area contributed by atoms with Crippen LogP contribution in [0.3, 0.4) is 0 Å². The van der Waals surface area contributed by atoms with Crippen LogP contribution in [-0.2, 0) is 10.5 Å². The van der Waals surface area contributed by atoms with Crippen LogP contribution < -0.4 is 4.74 Å². The summed E-state index contributed by atoms with van der Waals surface area (Å²) in [5.41, 5.74) is 3.98. The number of para-hydroxylation sites is 2. The van der Waals surface area contributed by atoms with Crippen LogP contribution in [0.4, 0.5) is 0 Å². The summed E-state index contributed by atoms with van der Waals surface area (Å²) in [6.45, 7) is 1.53. The van der Waals surface area contributed by atoms with Gasteiger partial charge in [0.2, 0.25) is 0 Å². The molecule has 5 heteroatoms. The highest BCUT2D eigenvalue weighted by Gasteiger charge is 2.14. The molecule has 160 valence electrons. The molecule has 0 spiro atoms. The maximum Gasteiger partial charge on any atom is 0.344 e. The Morgan fingerprint density at radius 2 is 1.72 bits per heavy atom. The quantitative estimate of drug-likeness (QED) is 0.314. The molecule has 0 bridgehead atoms. The van der Waals surface area contributed by atoms with E-state index in [9.17, 15) is 4.79 Å². The molecule has 0 aliphatic heterocycles. The first-order valence-corrected chi connectivity index (χ1v) is 11.3. The number of carboxylic acid groups (broad SMARTS) is 1. The van der Waals surface area contributed by atoms with E-state index in [1.807, 2.05) is 54.6 Å². The van der Waals surface area contributed by atoms with Gasteiger partial charge in [-0.1, -0.05) is 60.7 Å². The van der Waals surface area contributed by atoms with Crippen LogP contribution in [0.2, 0.25) is 0 Å². The van der Waals surface area contributed by atoms with Crippen molar-refractivity contribution in [2.24, 2.45) is 0 Å². The topological polar surface area (TPSA) is 59.4 Å². The van der Waals surface area contributed by atoms with E-state index >= 15 is 0 Å². The zero-order valence-electron chi connectivity index (χ0n) is 17.6. The van der Waals surface area contributed by atoms with Crippen LogP contribution in [-0.4, -0.2) is 22.2 Å². The lowest BCUT2D eigenvalue weighted by Gasteiger charge is -2.14. The van der Waals surface area contributed by atoms with Gasteiger partial charge < -0.3 is 9.84 Å². The molecule has 1 N–H and O–H groups in total. The predicted octanol–water partition coefficient (Wildman–Crippen LogP) is 6.55. The van der Waals surface area contributed by atoms with E-state index in [4.69, 9.17) is 9.84 Å². The smallest absolute Gasteiger partial charge is 0.344 e. The van der Waals surface area contributed by atoms with Crippen molar-refractivity contribution in [3.05, 3.63) is 102 Å². The van der Waals surface area contributed by atoms with Gasteiger partial charge in [-0.25, -0.2) is 9.78 Å². The number of nitrogens with zero attached hydrogens (tertiary/aromatic N) is 1. The molecule has 4 aromatic rings. The fraction of sp³-hybridized carbons (Fsp3) is 0.111. The molecular weight excluding hydrogens is 418 g/mol. The Bertz CT molecular complexity index is 1250. The number of aliphatic carboxylic acids is 1. The van der Waals surface area contributed by atoms with Gasteiger partial charge in [0.15, 0.2) is 6.10 Å². The predicted molar refractivity (Wildman–Crippen MR) is 131 cm³/mol. The summed E-state index contributed by atoms with van der Waals surface area (Å²) in [4.78, 5) is 16.9. The van der Waals surface area contributed by atoms with Crippen LogP contribution >= 0.6 is 11.8 Å². The molecule has 32 heavy (non-hydrogen) atoms. The number of carbonyl (C=O) groups is 1. The van der Waals surface area contributed by atoms with Gasteiger partial charge >= 0.3 is 5.97 Å². The third kappa shape index (κ3) is 5.56. The van der Waals surface area contributed by atoms with Crippen LogP contribution in [0.1, 0.15) is 23.7 Å². The van der Waals surface area contributed by atoms with Gasteiger partial charge in [-0.3, -0.25) is 0 Å². The summed E-state index contributed by atoms with van der Waals surface area (Å²) >= 11 is 1.68. The number of hydrogen-bond acceptors (Lipinski definition) is 4. The van der Waals surface area contributed by atoms with Gasteiger partial charge in [0.1, 0.15) is 5.75 Å². The largest absolute Gasteiger partial charge is 0.479 e. The van der Waals surface area contributed by atoms with Crippen molar-refractivity contribution in [2.75, 3.05) is 0 Å². The first-order valence-electron chi connectivity index (χ1n) is 10.3. The van der Waals surface area contributed by atoms with E-state index < -0.39 is 12.1 Å². The second-order valence-electron chi connectivity index (χ2n) is 7.33. The molecule has 0 amide bonds. The molecule has 1 unspecified atom stereocenters. The van der Waals surface area contributed by atoms with Gasteiger partial charge in [0.05, 0.1) is 11.2 Å². The zero-order valence-corrected chi connectivity index (χ0v) is 18.5. The number of carboxylic acids is 1. The second kappa shape index (κ2) is 10.2. The van der Waals surface area contributed by atoms with Crippen molar-refractivity contribution in [3.8, 4) is 5.75 Å². The third-order valence-electron chi connectivity index (χ3n) is 4.97. The van der Waals surface area contributed by atoms with Crippen LogP contribution in [0.25, 0.3) is 23.1 Å². The fourth-order valence-corrected chi connectivity index (χ4v) is 4.06. The Hall–Kier alpha value is -3.57. The normalized spacial score (nSPS) is 12.2. The number of pyridine rings is 1. The van der Waals surface area contributed by atoms with E-state index in [0.717, 1.165) is 32.6 Å². The number of benzene rings is 3. The van der Waals surface area contributed by atoms with E-state index in [1.54, 1.807) is 11.8 Å².